The van der Waals surface area contributed by atoms with Gasteiger partial charge in [0.2, 0.25) is 5.91 Å². The van der Waals surface area contributed by atoms with Gasteiger partial charge in [0.15, 0.2) is 8.32 Å². The van der Waals surface area contributed by atoms with Crippen LogP contribution in [0.15, 0.2) is 66.9 Å². The van der Waals surface area contributed by atoms with E-state index in [9.17, 15) is 4.79 Å². The van der Waals surface area contributed by atoms with Gasteiger partial charge in [0, 0.05) is 24.6 Å². The van der Waals surface area contributed by atoms with Crippen LogP contribution in [0.2, 0.25) is 18.1 Å². The molecule has 1 N–H and O–H groups in total. The summed E-state index contributed by atoms with van der Waals surface area (Å²) in [6.07, 6.45) is 4.05. The number of rotatable bonds is 9. The van der Waals surface area contributed by atoms with Crippen LogP contribution in [-0.2, 0) is 9.22 Å². The van der Waals surface area contributed by atoms with Crippen molar-refractivity contribution in [2.75, 3.05) is 11.9 Å². The second kappa shape index (κ2) is 10.4. The zero-order valence-electron chi connectivity index (χ0n) is 20.0. The first-order valence-electron chi connectivity index (χ1n) is 11.5. The van der Waals surface area contributed by atoms with Crippen molar-refractivity contribution < 1.29 is 9.22 Å². The number of nitrogens with zero attached hydrogens (tertiary/aromatic N) is 1. The Morgan fingerprint density at radius 1 is 1.03 bits per heavy atom. The molecule has 0 saturated heterocycles. The van der Waals surface area contributed by atoms with Gasteiger partial charge in [-0.2, -0.15) is 0 Å². The molecule has 2 aromatic carbocycles. The maximum absolute atomic E-state index is 13.0. The SMILES string of the molecule is CC(C)(C)[Si](C)(C)OCCCC(CC(=O)Nc1cccc2cccnc12)c1ccccc1. The van der Waals surface area contributed by atoms with Crippen LogP contribution in [-0.4, -0.2) is 25.8 Å². The summed E-state index contributed by atoms with van der Waals surface area (Å²) in [7, 11) is -1.75. The number of fused-ring (bicyclic) bond motifs is 1. The van der Waals surface area contributed by atoms with E-state index in [4.69, 9.17) is 4.43 Å². The van der Waals surface area contributed by atoms with Crippen molar-refractivity contribution in [2.45, 2.75) is 64.1 Å². The largest absolute Gasteiger partial charge is 0.417 e. The lowest BCUT2D eigenvalue weighted by atomic mass is 9.91. The molecular formula is C27H36N2O2Si. The lowest BCUT2D eigenvalue weighted by Gasteiger charge is -2.36. The Labute approximate surface area is 193 Å². The molecule has 1 amide bonds. The van der Waals surface area contributed by atoms with E-state index in [0.717, 1.165) is 36.0 Å². The summed E-state index contributed by atoms with van der Waals surface area (Å²) in [4.78, 5) is 17.4. The van der Waals surface area contributed by atoms with Crippen molar-refractivity contribution in [2.24, 2.45) is 0 Å². The van der Waals surface area contributed by atoms with Gasteiger partial charge in [0.25, 0.3) is 0 Å². The fourth-order valence-electron chi connectivity index (χ4n) is 3.62. The van der Waals surface area contributed by atoms with Gasteiger partial charge in [0.05, 0.1) is 11.2 Å². The summed E-state index contributed by atoms with van der Waals surface area (Å²) >= 11 is 0. The van der Waals surface area contributed by atoms with Crippen molar-refractivity contribution in [3.8, 4) is 0 Å². The Balaban J connectivity index is 1.65. The van der Waals surface area contributed by atoms with Crippen LogP contribution < -0.4 is 5.32 Å². The molecule has 0 aliphatic carbocycles. The van der Waals surface area contributed by atoms with Crippen LogP contribution in [0, 0.1) is 0 Å². The smallest absolute Gasteiger partial charge is 0.225 e. The lowest BCUT2D eigenvalue weighted by Crippen LogP contribution is -2.41. The molecule has 1 unspecified atom stereocenters. The monoisotopic (exact) mass is 448 g/mol. The van der Waals surface area contributed by atoms with Crippen LogP contribution in [0.3, 0.4) is 0 Å². The van der Waals surface area contributed by atoms with E-state index in [1.54, 1.807) is 6.20 Å². The molecule has 3 aromatic rings. The van der Waals surface area contributed by atoms with Gasteiger partial charge in [-0.15, -0.1) is 0 Å². The number of para-hydroxylation sites is 1. The van der Waals surface area contributed by atoms with E-state index in [1.165, 1.54) is 5.56 Å². The van der Waals surface area contributed by atoms with Crippen LogP contribution in [0.1, 0.15) is 51.5 Å². The second-order valence-electron chi connectivity index (χ2n) is 9.99. The Kier molecular flexibility index (Phi) is 7.85. The quantitative estimate of drug-likeness (QED) is 0.279. The molecular weight excluding hydrogens is 412 g/mol. The van der Waals surface area contributed by atoms with Crippen LogP contribution in [0.25, 0.3) is 10.9 Å². The number of carbonyl (C=O) groups is 1. The van der Waals surface area contributed by atoms with E-state index >= 15 is 0 Å². The fraction of sp³-hybridized carbons (Fsp3) is 0.407. The first kappa shape index (κ1) is 24.1. The van der Waals surface area contributed by atoms with E-state index in [-0.39, 0.29) is 16.9 Å². The molecule has 32 heavy (non-hydrogen) atoms. The zero-order chi connectivity index (χ0) is 23.2. The van der Waals surface area contributed by atoms with Gasteiger partial charge in [0.1, 0.15) is 0 Å². The first-order chi connectivity index (χ1) is 15.2. The number of anilines is 1. The van der Waals surface area contributed by atoms with Gasteiger partial charge in [-0.05, 0) is 54.6 Å². The van der Waals surface area contributed by atoms with Gasteiger partial charge in [-0.25, -0.2) is 0 Å². The second-order valence-corrected chi connectivity index (χ2v) is 14.8. The molecule has 0 fully saturated rings. The van der Waals surface area contributed by atoms with Crippen molar-refractivity contribution in [3.63, 3.8) is 0 Å². The molecule has 0 radical (unpaired) electrons. The summed E-state index contributed by atoms with van der Waals surface area (Å²) in [5.74, 6) is 0.171. The molecule has 4 nitrogen and oxygen atoms in total. The van der Waals surface area contributed by atoms with E-state index in [2.05, 4.69) is 56.3 Å². The van der Waals surface area contributed by atoms with Gasteiger partial charge < -0.3 is 9.74 Å². The highest BCUT2D eigenvalue weighted by Gasteiger charge is 2.36. The predicted molar refractivity (Wildman–Crippen MR) is 137 cm³/mol. The van der Waals surface area contributed by atoms with Crippen molar-refractivity contribution in [3.05, 3.63) is 72.4 Å². The molecule has 0 bridgehead atoms. The average molecular weight is 449 g/mol. The number of amides is 1. The minimum Gasteiger partial charge on any atom is -0.417 e. The molecule has 170 valence electrons. The van der Waals surface area contributed by atoms with Crippen LogP contribution >= 0.6 is 0 Å². The molecule has 5 heteroatoms. The van der Waals surface area contributed by atoms with Gasteiger partial charge >= 0.3 is 0 Å². The zero-order valence-corrected chi connectivity index (χ0v) is 21.0. The molecule has 0 saturated carbocycles. The summed E-state index contributed by atoms with van der Waals surface area (Å²) in [6, 6.07) is 20.1. The molecule has 0 spiro atoms. The Morgan fingerprint density at radius 3 is 2.47 bits per heavy atom. The summed E-state index contributed by atoms with van der Waals surface area (Å²) in [5.41, 5.74) is 2.79. The first-order valence-corrected chi connectivity index (χ1v) is 14.4. The number of nitrogens with one attached hydrogen (secondary N) is 1. The van der Waals surface area contributed by atoms with Gasteiger partial charge in [-0.3, -0.25) is 9.78 Å². The Hall–Kier alpha value is -2.50. The Morgan fingerprint density at radius 2 is 1.75 bits per heavy atom. The van der Waals surface area contributed by atoms with Crippen LogP contribution in [0.4, 0.5) is 5.69 Å². The number of benzene rings is 2. The number of pyridine rings is 1. The van der Waals surface area contributed by atoms with E-state index < -0.39 is 8.32 Å². The fourth-order valence-corrected chi connectivity index (χ4v) is 4.70. The van der Waals surface area contributed by atoms with Crippen molar-refractivity contribution in [1.29, 1.82) is 0 Å². The van der Waals surface area contributed by atoms with Crippen molar-refractivity contribution in [1.82, 2.24) is 4.98 Å². The third kappa shape index (κ3) is 6.27. The number of carbonyl (C=O) groups excluding carboxylic acids is 1. The molecule has 0 aliphatic heterocycles. The van der Waals surface area contributed by atoms with Crippen molar-refractivity contribution >= 4 is 30.8 Å². The third-order valence-electron chi connectivity index (χ3n) is 6.58. The minimum absolute atomic E-state index is 0.0160. The minimum atomic E-state index is -1.75. The highest BCUT2D eigenvalue weighted by Crippen LogP contribution is 2.37. The summed E-state index contributed by atoms with van der Waals surface area (Å²) in [5, 5.41) is 4.32. The maximum Gasteiger partial charge on any atom is 0.225 e. The molecule has 0 aliphatic rings. The lowest BCUT2D eigenvalue weighted by molar-refractivity contribution is -0.116. The number of hydrogen-bond donors (Lipinski definition) is 1. The molecule has 1 atom stereocenters. The number of aromatic nitrogens is 1. The topological polar surface area (TPSA) is 51.2 Å². The standard InChI is InChI=1S/C27H36N2O2Si/c1-27(2,3)32(4,5)31-19-11-16-23(21-12-7-6-8-13-21)20-25(30)29-24-17-9-14-22-15-10-18-28-26(22)24/h6-10,12-15,17-18,23H,11,16,19-20H2,1-5H3,(H,29,30). The van der Waals surface area contributed by atoms with E-state index in [0.29, 0.717) is 6.42 Å². The molecule has 3 rings (SSSR count). The maximum atomic E-state index is 13.0. The highest BCUT2D eigenvalue weighted by molar-refractivity contribution is 6.74. The summed E-state index contributed by atoms with van der Waals surface area (Å²) < 4.78 is 6.36. The van der Waals surface area contributed by atoms with E-state index in [1.807, 2.05) is 48.5 Å². The summed E-state index contributed by atoms with van der Waals surface area (Å²) in [6.45, 7) is 12.1. The molecule has 1 aromatic heterocycles. The predicted octanol–water partition coefficient (Wildman–Crippen LogP) is 7.15. The number of hydrogen-bond acceptors (Lipinski definition) is 3. The van der Waals surface area contributed by atoms with Crippen LogP contribution in [0.5, 0.6) is 0 Å². The average Bonchev–Trinajstić information content (AvgIpc) is 2.76. The highest BCUT2D eigenvalue weighted by atomic mass is 28.4. The van der Waals surface area contributed by atoms with Gasteiger partial charge in [-0.1, -0.05) is 69.3 Å². The normalized spacial score (nSPS) is 13.2. The Bertz CT molecular complexity index is 1020. The third-order valence-corrected chi connectivity index (χ3v) is 11.1. The molecule has 1 heterocycles.